The van der Waals surface area contributed by atoms with Crippen molar-refractivity contribution >= 4 is 27.4 Å². The molecule has 5 heterocycles. The van der Waals surface area contributed by atoms with Gasteiger partial charge in [0.2, 0.25) is 0 Å². The van der Waals surface area contributed by atoms with E-state index in [4.69, 9.17) is 9.97 Å². The van der Waals surface area contributed by atoms with Crippen LogP contribution in [0.1, 0.15) is 13.3 Å². The maximum atomic E-state index is 4.82. The number of hydrogen-bond acceptors (Lipinski definition) is 5. The summed E-state index contributed by atoms with van der Waals surface area (Å²) in [6, 6.07) is 14.7. The zero-order valence-corrected chi connectivity index (χ0v) is 16.0. The van der Waals surface area contributed by atoms with Gasteiger partial charge in [-0.2, -0.15) is 0 Å². The number of thiophene rings is 1. The molecule has 0 saturated carbocycles. The fraction of sp³-hybridized carbons (Fsp3) is 0.227. The Bertz CT molecular complexity index is 1070. The molecule has 1 aliphatic heterocycles. The van der Waals surface area contributed by atoms with Gasteiger partial charge in [-0.1, -0.05) is 6.92 Å². The molecule has 1 aliphatic rings. The fourth-order valence-corrected chi connectivity index (χ4v) is 4.59. The molecule has 5 rings (SSSR count). The maximum absolute atomic E-state index is 4.82. The van der Waals surface area contributed by atoms with E-state index in [1.165, 1.54) is 16.0 Å². The number of fused-ring (bicyclic) bond motifs is 1. The molecular formula is C22H20N4S. The molecule has 0 amide bonds. The summed E-state index contributed by atoms with van der Waals surface area (Å²) in [5, 5.41) is 0. The van der Waals surface area contributed by atoms with Crippen LogP contribution in [0.3, 0.4) is 0 Å². The van der Waals surface area contributed by atoms with Gasteiger partial charge in [0.15, 0.2) is 0 Å². The predicted molar refractivity (Wildman–Crippen MR) is 112 cm³/mol. The number of pyridine rings is 3. The Morgan fingerprint density at radius 1 is 1.07 bits per heavy atom. The Hall–Kier alpha value is -2.79. The molecule has 4 aromatic heterocycles. The Kier molecular flexibility index (Phi) is 4.09. The third kappa shape index (κ3) is 3.19. The Balaban J connectivity index is 1.45. The average Bonchev–Trinajstić information content (AvgIpc) is 3.34. The highest BCUT2D eigenvalue weighted by Gasteiger charge is 2.19. The first-order chi connectivity index (χ1) is 13.3. The smallest absolute Gasteiger partial charge is 0.128 e. The summed E-state index contributed by atoms with van der Waals surface area (Å²) in [6.45, 7) is 4.52. The Labute approximate surface area is 162 Å². The van der Waals surface area contributed by atoms with Gasteiger partial charge in [-0.15, -0.1) is 11.3 Å². The fourth-order valence-electron chi connectivity index (χ4n) is 3.60. The van der Waals surface area contributed by atoms with Crippen LogP contribution in [-0.4, -0.2) is 28.0 Å². The lowest BCUT2D eigenvalue weighted by molar-refractivity contribution is 0.659. The van der Waals surface area contributed by atoms with E-state index < -0.39 is 0 Å². The van der Waals surface area contributed by atoms with E-state index in [0.717, 1.165) is 47.2 Å². The number of hydrogen-bond donors (Lipinski definition) is 0. The third-order valence-corrected chi connectivity index (χ3v) is 6.25. The molecule has 134 valence electrons. The van der Waals surface area contributed by atoms with Crippen LogP contribution >= 0.6 is 11.3 Å². The summed E-state index contributed by atoms with van der Waals surface area (Å²) < 4.78 is 1.19. The molecule has 0 aliphatic carbocycles. The van der Waals surface area contributed by atoms with Crippen molar-refractivity contribution in [2.24, 2.45) is 5.92 Å². The minimum atomic E-state index is 0.758. The van der Waals surface area contributed by atoms with Crippen molar-refractivity contribution in [1.82, 2.24) is 15.0 Å². The number of nitrogens with zero attached hydrogens (tertiary/aromatic N) is 4. The summed E-state index contributed by atoms with van der Waals surface area (Å²) in [7, 11) is 0. The first-order valence-corrected chi connectivity index (χ1v) is 10.1. The predicted octanol–water partition coefficient (Wildman–Crippen LogP) is 5.27. The topological polar surface area (TPSA) is 41.9 Å². The van der Waals surface area contributed by atoms with Gasteiger partial charge in [0, 0.05) is 47.7 Å². The molecule has 5 heteroatoms. The van der Waals surface area contributed by atoms with E-state index in [2.05, 4.69) is 47.1 Å². The molecule has 0 unspecified atom stereocenters. The molecule has 4 nitrogen and oxygen atoms in total. The van der Waals surface area contributed by atoms with Crippen molar-refractivity contribution in [2.75, 3.05) is 18.0 Å². The van der Waals surface area contributed by atoms with Crippen molar-refractivity contribution in [3.05, 3.63) is 61.1 Å². The molecule has 0 N–H and O–H groups in total. The van der Waals surface area contributed by atoms with E-state index in [0.29, 0.717) is 0 Å². The van der Waals surface area contributed by atoms with E-state index in [1.54, 1.807) is 17.5 Å². The van der Waals surface area contributed by atoms with Crippen LogP contribution in [-0.2, 0) is 0 Å². The van der Waals surface area contributed by atoms with Gasteiger partial charge >= 0.3 is 0 Å². The number of anilines is 1. The van der Waals surface area contributed by atoms with Crippen LogP contribution in [0, 0.1) is 5.92 Å². The summed E-state index contributed by atoms with van der Waals surface area (Å²) in [6.07, 6.45) is 6.88. The van der Waals surface area contributed by atoms with Crippen LogP contribution in [0.5, 0.6) is 0 Å². The van der Waals surface area contributed by atoms with E-state index in [-0.39, 0.29) is 0 Å². The molecule has 1 saturated heterocycles. The van der Waals surface area contributed by atoms with E-state index in [1.807, 2.05) is 24.5 Å². The third-order valence-electron chi connectivity index (χ3n) is 5.11. The van der Waals surface area contributed by atoms with Gasteiger partial charge in [-0.3, -0.25) is 4.98 Å². The first kappa shape index (κ1) is 16.4. The van der Waals surface area contributed by atoms with Gasteiger partial charge in [0.05, 0.1) is 15.9 Å². The highest BCUT2D eigenvalue weighted by Crippen LogP contribution is 2.34. The zero-order valence-electron chi connectivity index (χ0n) is 15.2. The molecule has 4 aromatic rings. The second-order valence-electron chi connectivity index (χ2n) is 7.18. The molecule has 0 spiro atoms. The molecule has 27 heavy (non-hydrogen) atoms. The monoisotopic (exact) mass is 372 g/mol. The normalized spacial score (nSPS) is 16.9. The van der Waals surface area contributed by atoms with Crippen molar-refractivity contribution in [3.8, 4) is 21.7 Å². The van der Waals surface area contributed by atoms with Gasteiger partial charge in [0.25, 0.3) is 0 Å². The van der Waals surface area contributed by atoms with Gasteiger partial charge in [0.1, 0.15) is 5.82 Å². The summed E-state index contributed by atoms with van der Waals surface area (Å²) in [5.74, 6) is 1.84. The van der Waals surface area contributed by atoms with Crippen LogP contribution in [0.15, 0.2) is 61.1 Å². The summed E-state index contributed by atoms with van der Waals surface area (Å²) >= 11 is 1.76. The van der Waals surface area contributed by atoms with Crippen molar-refractivity contribution in [2.45, 2.75) is 13.3 Å². The zero-order chi connectivity index (χ0) is 18.2. The second-order valence-corrected chi connectivity index (χ2v) is 8.26. The van der Waals surface area contributed by atoms with E-state index >= 15 is 0 Å². The van der Waals surface area contributed by atoms with Crippen LogP contribution < -0.4 is 4.90 Å². The van der Waals surface area contributed by atoms with Crippen LogP contribution in [0.4, 0.5) is 5.82 Å². The number of aromatic nitrogens is 3. The molecule has 1 atom stereocenters. The maximum Gasteiger partial charge on any atom is 0.128 e. The molecule has 0 radical (unpaired) electrons. The van der Waals surface area contributed by atoms with Gasteiger partial charge < -0.3 is 4.90 Å². The standard InChI is InChI=1S/C22H20N4S/c1-15-8-10-26(14-15)22-7-4-17(13-24-22)21-11-19-20(27-21)6-5-18(25-19)16-3-2-9-23-12-16/h2-7,9,11-13,15H,8,10,14H2,1H3/t15-/m1/s1. The highest BCUT2D eigenvalue weighted by atomic mass is 32.1. The van der Waals surface area contributed by atoms with Crippen LogP contribution in [0.2, 0.25) is 0 Å². The largest absolute Gasteiger partial charge is 0.356 e. The van der Waals surface area contributed by atoms with Crippen molar-refractivity contribution < 1.29 is 0 Å². The van der Waals surface area contributed by atoms with Crippen molar-refractivity contribution in [3.63, 3.8) is 0 Å². The quantitative estimate of drug-likeness (QED) is 0.491. The van der Waals surface area contributed by atoms with Gasteiger partial charge in [-0.05, 0) is 54.8 Å². The summed E-state index contributed by atoms with van der Waals surface area (Å²) in [4.78, 5) is 17.3. The molecule has 0 aromatic carbocycles. The Morgan fingerprint density at radius 2 is 2.04 bits per heavy atom. The highest BCUT2D eigenvalue weighted by molar-refractivity contribution is 7.22. The Morgan fingerprint density at radius 3 is 2.78 bits per heavy atom. The lowest BCUT2D eigenvalue weighted by atomic mass is 10.2. The second kappa shape index (κ2) is 6.74. The minimum Gasteiger partial charge on any atom is -0.356 e. The molecular weight excluding hydrogens is 352 g/mol. The number of rotatable bonds is 3. The van der Waals surface area contributed by atoms with Gasteiger partial charge in [-0.25, -0.2) is 9.97 Å². The summed E-state index contributed by atoms with van der Waals surface area (Å²) in [5.41, 5.74) is 4.17. The minimum absolute atomic E-state index is 0.758. The lowest BCUT2D eigenvalue weighted by Gasteiger charge is -2.16. The molecule has 1 fully saturated rings. The van der Waals surface area contributed by atoms with Crippen molar-refractivity contribution in [1.29, 1.82) is 0 Å². The average molecular weight is 372 g/mol. The van der Waals surface area contributed by atoms with E-state index in [9.17, 15) is 0 Å². The molecule has 0 bridgehead atoms. The van der Waals surface area contributed by atoms with Crippen LogP contribution in [0.25, 0.3) is 31.9 Å². The SMILES string of the molecule is C[C@@H]1CCN(c2ccc(-c3cc4nc(-c5cccnc5)ccc4s3)cn2)C1. The lowest BCUT2D eigenvalue weighted by Crippen LogP contribution is -2.19. The first-order valence-electron chi connectivity index (χ1n) is 9.28.